The third-order valence-electron chi connectivity index (χ3n) is 6.53. The molecule has 1 N–H and O–H groups in total. The maximum Gasteiger partial charge on any atom is 0.338 e. The third kappa shape index (κ3) is 4.82. The van der Waals surface area contributed by atoms with Crippen LogP contribution in [-0.2, 0) is 25.5 Å². The Balaban J connectivity index is 1.34. The van der Waals surface area contributed by atoms with Gasteiger partial charge in [-0.1, -0.05) is 26.0 Å². The Morgan fingerprint density at radius 1 is 0.970 bits per heavy atom. The number of fused-ring (bicyclic) bond motifs is 1. The highest BCUT2D eigenvalue weighted by Crippen LogP contribution is 2.42. The van der Waals surface area contributed by atoms with Crippen LogP contribution in [0.5, 0.6) is 0 Å². The minimum absolute atomic E-state index is 0.157. The summed E-state index contributed by atoms with van der Waals surface area (Å²) in [7, 11) is 0. The molecular weight excluding hydrogens is 420 g/mol. The van der Waals surface area contributed by atoms with E-state index in [1.165, 1.54) is 17.0 Å². The topological polar surface area (TPSA) is 92.8 Å². The van der Waals surface area contributed by atoms with E-state index >= 15 is 0 Å². The van der Waals surface area contributed by atoms with Gasteiger partial charge in [0.25, 0.3) is 5.91 Å². The predicted octanol–water partition coefficient (Wildman–Crippen LogP) is 3.97. The van der Waals surface area contributed by atoms with Crippen molar-refractivity contribution < 1.29 is 23.9 Å². The predicted molar refractivity (Wildman–Crippen MR) is 124 cm³/mol. The van der Waals surface area contributed by atoms with Gasteiger partial charge in [-0.15, -0.1) is 0 Å². The summed E-state index contributed by atoms with van der Waals surface area (Å²) in [4.78, 5) is 51.3. The SMILES string of the molecule is CCc1ccc(NC(=O)COC(=O)c2ccc(N3C(=O)[C@@H]4CC[C@@H](C)C[C@H]4C3=O)cc2)cc1. The molecule has 1 saturated heterocycles. The maximum atomic E-state index is 12.8. The van der Waals surface area contributed by atoms with E-state index < -0.39 is 18.5 Å². The Morgan fingerprint density at radius 3 is 2.30 bits per heavy atom. The summed E-state index contributed by atoms with van der Waals surface area (Å²) < 4.78 is 5.11. The molecule has 1 aliphatic heterocycles. The molecule has 0 unspecified atom stereocenters. The first-order chi connectivity index (χ1) is 15.9. The lowest BCUT2D eigenvalue weighted by atomic mass is 9.76. The number of amides is 3. The summed E-state index contributed by atoms with van der Waals surface area (Å²) in [5.41, 5.74) is 2.49. The van der Waals surface area contributed by atoms with E-state index in [-0.39, 0.29) is 29.2 Å². The Hall–Kier alpha value is -3.48. The van der Waals surface area contributed by atoms with E-state index in [1.54, 1.807) is 24.3 Å². The van der Waals surface area contributed by atoms with Crippen LogP contribution in [0.2, 0.25) is 0 Å². The van der Waals surface area contributed by atoms with Crippen molar-refractivity contribution >= 4 is 35.1 Å². The van der Waals surface area contributed by atoms with Gasteiger partial charge >= 0.3 is 5.97 Å². The van der Waals surface area contributed by atoms with Crippen molar-refractivity contribution in [3.63, 3.8) is 0 Å². The highest BCUT2D eigenvalue weighted by atomic mass is 16.5. The van der Waals surface area contributed by atoms with Gasteiger partial charge in [0.2, 0.25) is 11.8 Å². The van der Waals surface area contributed by atoms with Crippen LogP contribution in [-0.4, -0.2) is 30.3 Å². The molecule has 33 heavy (non-hydrogen) atoms. The fraction of sp³-hybridized carbons (Fsp3) is 0.385. The van der Waals surface area contributed by atoms with Gasteiger partial charge < -0.3 is 10.1 Å². The molecule has 1 aliphatic carbocycles. The van der Waals surface area contributed by atoms with E-state index in [0.717, 1.165) is 31.2 Å². The minimum atomic E-state index is -0.653. The molecule has 1 heterocycles. The van der Waals surface area contributed by atoms with Crippen LogP contribution in [0.4, 0.5) is 11.4 Å². The largest absolute Gasteiger partial charge is 0.452 e. The standard InChI is InChI=1S/C26H28N2O5/c1-3-17-5-9-19(10-6-17)27-23(29)15-33-26(32)18-7-11-20(12-8-18)28-24(30)21-13-4-16(2)14-22(21)25(28)31/h5-12,16,21-22H,3-4,13-15H2,1-2H3,(H,27,29)/t16-,21-,22-/m1/s1. The van der Waals surface area contributed by atoms with Crippen molar-refractivity contribution in [2.75, 3.05) is 16.8 Å². The fourth-order valence-electron chi connectivity index (χ4n) is 4.63. The van der Waals surface area contributed by atoms with Crippen LogP contribution in [0.1, 0.15) is 49.0 Å². The fourth-order valence-corrected chi connectivity index (χ4v) is 4.63. The van der Waals surface area contributed by atoms with Gasteiger partial charge in [-0.2, -0.15) is 0 Å². The zero-order valence-corrected chi connectivity index (χ0v) is 18.9. The highest BCUT2D eigenvalue weighted by molar-refractivity contribution is 6.22. The van der Waals surface area contributed by atoms with Gasteiger partial charge in [0.05, 0.1) is 23.1 Å². The van der Waals surface area contributed by atoms with Crippen LogP contribution in [0.25, 0.3) is 0 Å². The molecule has 0 bridgehead atoms. The lowest BCUT2D eigenvalue weighted by Gasteiger charge is -2.25. The van der Waals surface area contributed by atoms with Crippen LogP contribution in [0.15, 0.2) is 48.5 Å². The number of imide groups is 1. The van der Waals surface area contributed by atoms with Crippen molar-refractivity contribution in [1.29, 1.82) is 0 Å². The highest BCUT2D eigenvalue weighted by Gasteiger charge is 2.49. The summed E-state index contributed by atoms with van der Waals surface area (Å²) in [5.74, 6) is -1.45. The lowest BCUT2D eigenvalue weighted by Crippen LogP contribution is -2.30. The second kappa shape index (κ2) is 9.57. The molecule has 2 aromatic carbocycles. The third-order valence-corrected chi connectivity index (χ3v) is 6.53. The number of rotatable bonds is 6. The number of benzene rings is 2. The molecule has 1 saturated carbocycles. The van der Waals surface area contributed by atoms with Crippen molar-refractivity contribution in [3.05, 3.63) is 59.7 Å². The van der Waals surface area contributed by atoms with Gasteiger partial charge in [-0.3, -0.25) is 19.3 Å². The number of anilines is 2. The number of aryl methyl sites for hydroxylation is 1. The van der Waals surface area contributed by atoms with Crippen molar-refractivity contribution in [3.8, 4) is 0 Å². The average Bonchev–Trinajstić information content (AvgIpc) is 3.07. The number of hydrogen-bond acceptors (Lipinski definition) is 5. The summed E-state index contributed by atoms with van der Waals surface area (Å²) >= 11 is 0. The number of carbonyl (C=O) groups is 4. The molecule has 7 heteroatoms. The van der Waals surface area contributed by atoms with E-state index in [9.17, 15) is 19.2 Å². The molecular formula is C26H28N2O5. The van der Waals surface area contributed by atoms with Gasteiger partial charge in [-0.25, -0.2) is 4.79 Å². The van der Waals surface area contributed by atoms with Crippen LogP contribution >= 0.6 is 0 Å². The zero-order valence-electron chi connectivity index (χ0n) is 18.9. The second-order valence-electron chi connectivity index (χ2n) is 8.86. The number of carbonyl (C=O) groups excluding carboxylic acids is 4. The van der Waals surface area contributed by atoms with E-state index in [1.807, 2.05) is 19.1 Å². The normalized spacial score (nSPS) is 22.1. The average molecular weight is 449 g/mol. The first-order valence-corrected chi connectivity index (χ1v) is 11.4. The molecule has 3 atom stereocenters. The molecule has 4 rings (SSSR count). The van der Waals surface area contributed by atoms with Gasteiger partial charge in [-0.05, 0) is 73.6 Å². The number of hydrogen-bond donors (Lipinski definition) is 1. The molecule has 172 valence electrons. The van der Waals surface area contributed by atoms with Gasteiger partial charge in [0.1, 0.15) is 0 Å². The smallest absolute Gasteiger partial charge is 0.338 e. The van der Waals surface area contributed by atoms with E-state index in [2.05, 4.69) is 12.2 Å². The monoisotopic (exact) mass is 448 g/mol. The van der Waals surface area contributed by atoms with Gasteiger partial charge in [0.15, 0.2) is 6.61 Å². The van der Waals surface area contributed by atoms with Crippen LogP contribution in [0.3, 0.4) is 0 Å². The van der Waals surface area contributed by atoms with Crippen molar-refractivity contribution in [2.24, 2.45) is 17.8 Å². The molecule has 0 spiro atoms. The molecule has 3 amide bonds. The zero-order chi connectivity index (χ0) is 23.5. The second-order valence-corrected chi connectivity index (χ2v) is 8.86. The molecule has 2 fully saturated rings. The molecule has 0 aromatic heterocycles. The Kier molecular flexibility index (Phi) is 6.58. The molecule has 2 aromatic rings. The molecule has 0 radical (unpaired) electrons. The maximum absolute atomic E-state index is 12.8. The first-order valence-electron chi connectivity index (χ1n) is 11.4. The Bertz CT molecular complexity index is 1060. The Morgan fingerprint density at radius 2 is 1.64 bits per heavy atom. The van der Waals surface area contributed by atoms with E-state index in [0.29, 0.717) is 17.3 Å². The van der Waals surface area contributed by atoms with Crippen LogP contribution < -0.4 is 10.2 Å². The lowest BCUT2D eigenvalue weighted by molar-refractivity contribution is -0.122. The summed E-state index contributed by atoms with van der Waals surface area (Å²) in [5, 5.41) is 2.69. The Labute approximate surface area is 193 Å². The first kappa shape index (κ1) is 22.7. The quantitative estimate of drug-likeness (QED) is 0.533. The van der Waals surface area contributed by atoms with Gasteiger partial charge in [0, 0.05) is 5.69 Å². The number of nitrogens with one attached hydrogen (secondary N) is 1. The number of esters is 1. The summed E-state index contributed by atoms with van der Waals surface area (Å²) in [6.07, 6.45) is 3.34. The van der Waals surface area contributed by atoms with Crippen molar-refractivity contribution in [1.82, 2.24) is 0 Å². The summed E-state index contributed by atoms with van der Waals surface area (Å²) in [6.45, 7) is 3.74. The molecule has 7 nitrogen and oxygen atoms in total. The van der Waals surface area contributed by atoms with E-state index in [4.69, 9.17) is 4.74 Å². The van der Waals surface area contributed by atoms with Crippen molar-refractivity contribution in [2.45, 2.75) is 39.5 Å². The summed E-state index contributed by atoms with van der Waals surface area (Å²) in [6, 6.07) is 13.6. The van der Waals surface area contributed by atoms with Crippen LogP contribution in [0, 0.1) is 17.8 Å². The minimum Gasteiger partial charge on any atom is -0.452 e. The number of ether oxygens (including phenoxy) is 1. The number of nitrogens with zero attached hydrogens (tertiary/aromatic N) is 1. The molecule has 2 aliphatic rings.